The molecule has 0 aliphatic carbocycles. The van der Waals surface area contributed by atoms with Crippen molar-refractivity contribution in [3.05, 3.63) is 71.9 Å². The van der Waals surface area contributed by atoms with Crippen molar-refractivity contribution in [2.24, 2.45) is 0 Å². The van der Waals surface area contributed by atoms with E-state index in [1.165, 1.54) is 3.97 Å². The number of benzene rings is 2. The molecule has 0 aliphatic heterocycles. The quantitative estimate of drug-likeness (QED) is 0.613. The molecule has 0 spiro atoms. The summed E-state index contributed by atoms with van der Waals surface area (Å²) in [5, 5.41) is 0.988. The van der Waals surface area contributed by atoms with Gasteiger partial charge in [-0.05, 0) is 49.6 Å². The predicted octanol–water partition coefficient (Wildman–Crippen LogP) is 5.17. The molecule has 0 N–H and O–H groups in total. The minimum atomic E-state index is -3.68. The molecule has 2 aromatic carbocycles. The van der Waals surface area contributed by atoms with Gasteiger partial charge in [-0.1, -0.05) is 55.8 Å². The van der Waals surface area contributed by atoms with Crippen LogP contribution in [0.15, 0.2) is 60.0 Å². The Labute approximate surface area is 149 Å². The number of rotatable bonds is 6. The van der Waals surface area contributed by atoms with Crippen LogP contribution < -0.4 is 0 Å². The molecule has 0 radical (unpaired) electrons. The topological polar surface area (TPSA) is 39.1 Å². The molecule has 3 nitrogen and oxygen atoms in total. The van der Waals surface area contributed by atoms with Crippen LogP contribution in [-0.2, 0) is 16.4 Å². The zero-order valence-corrected chi connectivity index (χ0v) is 15.5. The van der Waals surface area contributed by atoms with Crippen LogP contribution in [-0.4, -0.2) is 12.4 Å². The summed E-state index contributed by atoms with van der Waals surface area (Å²) < 4.78 is 28.1. The summed E-state index contributed by atoms with van der Waals surface area (Å²) in [6.45, 7) is 7.97. The minimum absolute atomic E-state index is 0.295. The molecule has 0 fully saturated rings. The van der Waals surface area contributed by atoms with E-state index >= 15 is 0 Å². The summed E-state index contributed by atoms with van der Waals surface area (Å²) in [4.78, 5) is 0.295. The first-order valence-electron chi connectivity index (χ1n) is 8.57. The third-order valence-corrected chi connectivity index (χ3v) is 6.25. The summed E-state index contributed by atoms with van der Waals surface area (Å²) in [6, 6.07) is 14.7. The fourth-order valence-corrected chi connectivity index (χ4v) is 4.75. The Kier molecular flexibility index (Phi) is 4.82. The van der Waals surface area contributed by atoms with Crippen molar-refractivity contribution in [3.8, 4) is 0 Å². The Morgan fingerprint density at radius 3 is 2.40 bits per heavy atom. The molecule has 0 unspecified atom stereocenters. The van der Waals surface area contributed by atoms with E-state index in [4.69, 9.17) is 0 Å². The number of unbranched alkanes of at least 4 members (excludes halogenated alkanes) is 1. The van der Waals surface area contributed by atoms with Gasteiger partial charge in [0.15, 0.2) is 0 Å². The Morgan fingerprint density at radius 2 is 1.76 bits per heavy atom. The van der Waals surface area contributed by atoms with Crippen molar-refractivity contribution in [1.82, 2.24) is 3.97 Å². The van der Waals surface area contributed by atoms with E-state index in [1.807, 2.05) is 43.3 Å². The lowest BCUT2D eigenvalue weighted by Crippen LogP contribution is -2.14. The van der Waals surface area contributed by atoms with Gasteiger partial charge in [0.25, 0.3) is 10.0 Å². The van der Waals surface area contributed by atoms with Gasteiger partial charge in [0.05, 0.1) is 16.1 Å². The van der Waals surface area contributed by atoms with Crippen molar-refractivity contribution in [1.29, 1.82) is 0 Å². The molecule has 25 heavy (non-hydrogen) atoms. The van der Waals surface area contributed by atoms with Crippen LogP contribution in [0.25, 0.3) is 17.0 Å². The second kappa shape index (κ2) is 6.89. The molecule has 4 heteroatoms. The number of nitrogens with zero attached hydrogens (tertiary/aromatic N) is 1. The zero-order valence-electron chi connectivity index (χ0n) is 14.7. The SMILES string of the molecule is C=Cc1c(CCCC)c2ccccc2n1S(=O)(=O)c1ccc(C)cc1. The normalized spacial score (nSPS) is 11.8. The molecule has 0 amide bonds. The van der Waals surface area contributed by atoms with Crippen LogP contribution in [0.4, 0.5) is 0 Å². The molecule has 1 aromatic heterocycles. The van der Waals surface area contributed by atoms with E-state index in [0.29, 0.717) is 16.1 Å². The van der Waals surface area contributed by atoms with E-state index in [2.05, 4.69) is 13.5 Å². The lowest BCUT2D eigenvalue weighted by Gasteiger charge is -2.11. The highest BCUT2D eigenvalue weighted by Gasteiger charge is 2.25. The van der Waals surface area contributed by atoms with Gasteiger partial charge in [-0.2, -0.15) is 0 Å². The van der Waals surface area contributed by atoms with Crippen molar-refractivity contribution < 1.29 is 8.42 Å². The number of hydrogen-bond donors (Lipinski definition) is 0. The van der Waals surface area contributed by atoms with Gasteiger partial charge in [-0.15, -0.1) is 0 Å². The first-order valence-corrected chi connectivity index (χ1v) is 10.0. The maximum atomic E-state index is 13.3. The van der Waals surface area contributed by atoms with E-state index < -0.39 is 10.0 Å². The van der Waals surface area contributed by atoms with Gasteiger partial charge in [-0.3, -0.25) is 0 Å². The van der Waals surface area contributed by atoms with Crippen molar-refractivity contribution in [2.45, 2.75) is 38.0 Å². The zero-order chi connectivity index (χ0) is 18.0. The molecular weight excluding hydrogens is 330 g/mol. The highest BCUT2D eigenvalue weighted by Crippen LogP contribution is 2.32. The highest BCUT2D eigenvalue weighted by atomic mass is 32.2. The molecule has 0 atom stereocenters. The molecular formula is C21H23NO2S. The Bertz CT molecular complexity index is 1010. The third kappa shape index (κ3) is 3.02. The Morgan fingerprint density at radius 1 is 1.08 bits per heavy atom. The number of aromatic nitrogens is 1. The van der Waals surface area contributed by atoms with E-state index in [9.17, 15) is 8.42 Å². The van der Waals surface area contributed by atoms with Crippen molar-refractivity contribution in [2.75, 3.05) is 0 Å². The maximum absolute atomic E-state index is 13.3. The minimum Gasteiger partial charge on any atom is -0.234 e. The third-order valence-electron chi connectivity index (χ3n) is 4.51. The molecule has 0 saturated heterocycles. The standard InChI is InChI=1S/C21H23NO2S/c1-4-6-9-18-19-10-7-8-11-21(19)22(20(18)5-2)25(23,24)17-14-12-16(3)13-15-17/h5,7-8,10-15H,2,4,6,9H2,1,3H3. The van der Waals surface area contributed by atoms with E-state index in [1.54, 1.807) is 18.2 Å². The lowest BCUT2D eigenvalue weighted by atomic mass is 10.0. The van der Waals surface area contributed by atoms with Crippen LogP contribution in [0.3, 0.4) is 0 Å². The summed E-state index contributed by atoms with van der Waals surface area (Å²) in [7, 11) is -3.68. The van der Waals surface area contributed by atoms with Gasteiger partial charge in [0, 0.05) is 5.39 Å². The Balaban J connectivity index is 2.31. The smallest absolute Gasteiger partial charge is 0.234 e. The summed E-state index contributed by atoms with van der Waals surface area (Å²) in [6.07, 6.45) is 4.58. The van der Waals surface area contributed by atoms with E-state index in [-0.39, 0.29) is 0 Å². The fraction of sp³-hybridized carbons (Fsp3) is 0.238. The Hall–Kier alpha value is -2.33. The monoisotopic (exact) mass is 353 g/mol. The molecule has 0 bridgehead atoms. The molecule has 1 heterocycles. The van der Waals surface area contributed by atoms with Gasteiger partial charge < -0.3 is 0 Å². The second-order valence-electron chi connectivity index (χ2n) is 6.27. The van der Waals surface area contributed by atoms with Gasteiger partial charge in [-0.25, -0.2) is 12.4 Å². The highest BCUT2D eigenvalue weighted by molar-refractivity contribution is 7.90. The molecule has 3 rings (SSSR count). The number of para-hydroxylation sites is 1. The summed E-state index contributed by atoms with van der Waals surface area (Å²) in [5.74, 6) is 0. The first kappa shape index (κ1) is 17.5. The molecule has 130 valence electrons. The van der Waals surface area contributed by atoms with Crippen LogP contribution in [0.2, 0.25) is 0 Å². The van der Waals surface area contributed by atoms with Crippen molar-refractivity contribution in [3.63, 3.8) is 0 Å². The van der Waals surface area contributed by atoms with Crippen LogP contribution in [0, 0.1) is 6.92 Å². The molecule has 0 aliphatic rings. The number of hydrogen-bond acceptors (Lipinski definition) is 2. The van der Waals surface area contributed by atoms with Crippen LogP contribution in [0.5, 0.6) is 0 Å². The average Bonchev–Trinajstić information content (AvgIpc) is 2.94. The maximum Gasteiger partial charge on any atom is 0.268 e. The second-order valence-corrected chi connectivity index (χ2v) is 8.06. The van der Waals surface area contributed by atoms with Gasteiger partial charge >= 0.3 is 0 Å². The molecule has 3 aromatic rings. The molecule has 0 saturated carbocycles. The average molecular weight is 353 g/mol. The largest absolute Gasteiger partial charge is 0.268 e. The van der Waals surface area contributed by atoms with Crippen molar-refractivity contribution >= 4 is 27.0 Å². The first-order chi connectivity index (χ1) is 12.0. The summed E-state index contributed by atoms with van der Waals surface area (Å²) >= 11 is 0. The number of fused-ring (bicyclic) bond motifs is 1. The predicted molar refractivity (Wildman–Crippen MR) is 104 cm³/mol. The van der Waals surface area contributed by atoms with Crippen LogP contribution in [0.1, 0.15) is 36.6 Å². The number of aryl methyl sites for hydroxylation is 2. The van der Waals surface area contributed by atoms with E-state index in [0.717, 1.165) is 35.8 Å². The lowest BCUT2D eigenvalue weighted by molar-refractivity contribution is 0.588. The summed E-state index contributed by atoms with van der Waals surface area (Å²) in [5.41, 5.74) is 3.48. The van der Waals surface area contributed by atoms with Gasteiger partial charge in [0.2, 0.25) is 0 Å². The fourth-order valence-electron chi connectivity index (χ4n) is 3.19. The van der Waals surface area contributed by atoms with Crippen LogP contribution >= 0.6 is 0 Å². The van der Waals surface area contributed by atoms with Gasteiger partial charge in [0.1, 0.15) is 0 Å².